The van der Waals surface area contributed by atoms with E-state index in [9.17, 15) is 23.3 Å². The second kappa shape index (κ2) is 9.78. The molecule has 0 aliphatic carbocycles. The number of furan rings is 1. The molecule has 0 unspecified atom stereocenters. The molecule has 1 amide bonds. The molecule has 1 N–H and O–H groups in total. The van der Waals surface area contributed by atoms with Crippen LogP contribution in [0.3, 0.4) is 0 Å². The van der Waals surface area contributed by atoms with Crippen molar-refractivity contribution < 1.29 is 22.6 Å². The summed E-state index contributed by atoms with van der Waals surface area (Å²) in [6.45, 7) is -0.626. The number of rotatable bonds is 9. The SMILES string of the molecule is O=C(CN(Cc1ccco1)S(=O)(=O)c1ccccc1)N/N=C\c1ccc([N+](=O)[O-])cc1. The van der Waals surface area contributed by atoms with Gasteiger partial charge in [-0.3, -0.25) is 14.9 Å². The van der Waals surface area contributed by atoms with Crippen LogP contribution in [-0.2, 0) is 21.4 Å². The molecule has 31 heavy (non-hydrogen) atoms. The van der Waals surface area contributed by atoms with Crippen molar-refractivity contribution in [2.24, 2.45) is 5.10 Å². The van der Waals surface area contributed by atoms with E-state index in [0.717, 1.165) is 4.31 Å². The summed E-state index contributed by atoms with van der Waals surface area (Å²) in [7, 11) is -3.97. The van der Waals surface area contributed by atoms with Crippen LogP contribution in [-0.4, -0.2) is 36.3 Å². The van der Waals surface area contributed by atoms with E-state index in [0.29, 0.717) is 11.3 Å². The van der Waals surface area contributed by atoms with Crippen LogP contribution in [0.2, 0.25) is 0 Å². The number of nitrogens with zero attached hydrogens (tertiary/aromatic N) is 3. The lowest BCUT2D eigenvalue weighted by atomic mass is 10.2. The number of nitrogens with one attached hydrogen (secondary N) is 1. The molecule has 0 aliphatic heterocycles. The predicted molar refractivity (Wildman–Crippen MR) is 112 cm³/mol. The standard InChI is InChI=1S/C20H18N4O6S/c25-20(22-21-13-16-8-10-17(11-9-16)24(26)27)15-23(14-18-5-4-12-30-18)31(28,29)19-6-2-1-3-7-19/h1-13H,14-15H2,(H,22,25)/b21-13-. The molecule has 160 valence electrons. The highest BCUT2D eigenvalue weighted by molar-refractivity contribution is 7.89. The zero-order valence-electron chi connectivity index (χ0n) is 16.1. The van der Waals surface area contributed by atoms with Crippen LogP contribution in [0.1, 0.15) is 11.3 Å². The molecule has 3 aromatic rings. The van der Waals surface area contributed by atoms with Crippen LogP contribution in [0.5, 0.6) is 0 Å². The number of benzene rings is 2. The van der Waals surface area contributed by atoms with Gasteiger partial charge in [0.05, 0.1) is 35.4 Å². The molecule has 3 rings (SSSR count). The molecule has 11 heteroatoms. The minimum absolute atomic E-state index is 0.0451. The van der Waals surface area contributed by atoms with Gasteiger partial charge in [0, 0.05) is 12.1 Å². The number of nitro groups is 1. The van der Waals surface area contributed by atoms with Crippen molar-refractivity contribution in [1.29, 1.82) is 0 Å². The third-order valence-electron chi connectivity index (χ3n) is 4.12. The Labute approximate surface area is 178 Å². The average molecular weight is 442 g/mol. The van der Waals surface area contributed by atoms with Gasteiger partial charge in [0.15, 0.2) is 0 Å². The Morgan fingerprint density at radius 3 is 2.42 bits per heavy atom. The number of hydrogen-bond acceptors (Lipinski definition) is 7. The number of carbonyl (C=O) groups is 1. The Morgan fingerprint density at radius 1 is 1.10 bits per heavy atom. The van der Waals surface area contributed by atoms with Gasteiger partial charge in [0.2, 0.25) is 10.0 Å². The highest BCUT2D eigenvalue weighted by Crippen LogP contribution is 2.18. The lowest BCUT2D eigenvalue weighted by Gasteiger charge is -2.20. The van der Waals surface area contributed by atoms with E-state index in [2.05, 4.69) is 10.5 Å². The third kappa shape index (κ3) is 5.84. The van der Waals surface area contributed by atoms with E-state index >= 15 is 0 Å². The number of non-ortho nitro benzene ring substituents is 1. The molecule has 0 bridgehead atoms. The molecule has 1 heterocycles. The molecule has 0 saturated heterocycles. The summed E-state index contributed by atoms with van der Waals surface area (Å²) in [5, 5.41) is 14.5. The number of carbonyl (C=O) groups excluding carboxylic acids is 1. The fourth-order valence-electron chi connectivity index (χ4n) is 2.60. The topological polar surface area (TPSA) is 135 Å². The van der Waals surface area contributed by atoms with Crippen LogP contribution < -0.4 is 5.43 Å². The first-order valence-electron chi connectivity index (χ1n) is 9.00. The Balaban J connectivity index is 1.70. The van der Waals surface area contributed by atoms with Crippen LogP contribution in [0, 0.1) is 10.1 Å². The first kappa shape index (κ1) is 21.9. The Bertz CT molecular complexity index is 1160. The Kier molecular flexibility index (Phi) is 6.90. The van der Waals surface area contributed by atoms with Crippen molar-refractivity contribution >= 4 is 27.8 Å². The molecular formula is C20H18N4O6S. The van der Waals surface area contributed by atoms with Crippen molar-refractivity contribution in [2.75, 3.05) is 6.54 Å². The Morgan fingerprint density at radius 2 is 1.81 bits per heavy atom. The average Bonchev–Trinajstić information content (AvgIpc) is 3.27. The van der Waals surface area contributed by atoms with Crippen molar-refractivity contribution in [3.05, 3.63) is 94.4 Å². The lowest BCUT2D eigenvalue weighted by molar-refractivity contribution is -0.384. The first-order valence-corrected chi connectivity index (χ1v) is 10.4. The van der Waals surface area contributed by atoms with Gasteiger partial charge in [0.1, 0.15) is 5.76 Å². The summed E-state index contributed by atoms with van der Waals surface area (Å²) in [6, 6.07) is 16.5. The van der Waals surface area contributed by atoms with E-state index in [1.807, 2.05) is 0 Å². The highest BCUT2D eigenvalue weighted by atomic mass is 32.2. The zero-order valence-corrected chi connectivity index (χ0v) is 16.9. The lowest BCUT2D eigenvalue weighted by Crippen LogP contribution is -2.38. The minimum Gasteiger partial charge on any atom is -0.468 e. The summed E-state index contributed by atoms with van der Waals surface area (Å²) < 4.78 is 32.2. The van der Waals surface area contributed by atoms with Gasteiger partial charge in [-0.15, -0.1) is 0 Å². The number of hydrogen-bond donors (Lipinski definition) is 1. The summed E-state index contributed by atoms with van der Waals surface area (Å²) in [4.78, 5) is 22.5. The van der Waals surface area contributed by atoms with E-state index in [-0.39, 0.29) is 17.1 Å². The smallest absolute Gasteiger partial charge is 0.269 e. The molecule has 2 aromatic carbocycles. The minimum atomic E-state index is -3.97. The van der Waals surface area contributed by atoms with Crippen molar-refractivity contribution in [1.82, 2.24) is 9.73 Å². The predicted octanol–water partition coefficient (Wildman–Crippen LogP) is 2.53. The van der Waals surface area contributed by atoms with Crippen LogP contribution >= 0.6 is 0 Å². The maximum atomic E-state index is 13.0. The quantitative estimate of drug-likeness (QED) is 0.307. The fourth-order valence-corrected chi connectivity index (χ4v) is 3.98. The summed E-state index contributed by atoms with van der Waals surface area (Å²) in [6.07, 6.45) is 2.71. The molecule has 1 aromatic heterocycles. The highest BCUT2D eigenvalue weighted by Gasteiger charge is 2.27. The van der Waals surface area contributed by atoms with E-state index in [1.54, 1.807) is 30.3 Å². The molecule has 0 saturated carbocycles. The van der Waals surface area contributed by atoms with Gasteiger partial charge >= 0.3 is 0 Å². The molecule has 0 atom stereocenters. The maximum absolute atomic E-state index is 13.0. The van der Waals surface area contributed by atoms with Gasteiger partial charge in [-0.25, -0.2) is 13.8 Å². The monoisotopic (exact) mass is 442 g/mol. The summed E-state index contributed by atoms with van der Waals surface area (Å²) in [5.41, 5.74) is 2.72. The van der Waals surface area contributed by atoms with E-state index in [1.165, 1.54) is 48.9 Å². The number of sulfonamides is 1. The van der Waals surface area contributed by atoms with Crippen LogP contribution in [0.4, 0.5) is 5.69 Å². The van der Waals surface area contributed by atoms with Gasteiger partial charge in [0.25, 0.3) is 11.6 Å². The summed E-state index contributed by atoms with van der Waals surface area (Å²) >= 11 is 0. The number of nitro benzene ring substituents is 1. The van der Waals surface area contributed by atoms with Gasteiger partial charge in [-0.2, -0.15) is 9.41 Å². The van der Waals surface area contributed by atoms with Crippen molar-refractivity contribution in [3.63, 3.8) is 0 Å². The van der Waals surface area contributed by atoms with Gasteiger partial charge in [-0.05, 0) is 42.0 Å². The van der Waals surface area contributed by atoms with Crippen molar-refractivity contribution in [3.8, 4) is 0 Å². The molecule has 0 radical (unpaired) electrons. The maximum Gasteiger partial charge on any atom is 0.269 e. The second-order valence-corrected chi connectivity index (χ2v) is 8.25. The largest absolute Gasteiger partial charge is 0.468 e. The van der Waals surface area contributed by atoms with E-state index in [4.69, 9.17) is 4.42 Å². The molecule has 0 spiro atoms. The molecular weight excluding hydrogens is 424 g/mol. The molecule has 0 fully saturated rings. The second-order valence-electron chi connectivity index (χ2n) is 6.31. The molecule has 0 aliphatic rings. The fraction of sp³-hybridized carbons (Fsp3) is 0.100. The summed E-state index contributed by atoms with van der Waals surface area (Å²) in [5.74, 6) is -0.286. The number of amides is 1. The zero-order chi connectivity index (χ0) is 22.3. The third-order valence-corrected chi connectivity index (χ3v) is 5.93. The van der Waals surface area contributed by atoms with Crippen LogP contribution in [0.15, 0.2) is 87.4 Å². The normalized spacial score (nSPS) is 11.6. The van der Waals surface area contributed by atoms with Gasteiger partial charge in [-0.1, -0.05) is 18.2 Å². The van der Waals surface area contributed by atoms with Crippen LogP contribution in [0.25, 0.3) is 0 Å². The van der Waals surface area contributed by atoms with E-state index < -0.39 is 27.4 Å². The molecule has 10 nitrogen and oxygen atoms in total. The number of hydrazone groups is 1. The first-order chi connectivity index (χ1) is 14.9. The Hall–Kier alpha value is -3.83. The van der Waals surface area contributed by atoms with Crippen molar-refractivity contribution in [2.45, 2.75) is 11.4 Å². The van der Waals surface area contributed by atoms with Gasteiger partial charge < -0.3 is 4.42 Å².